The third-order valence-electron chi connectivity index (χ3n) is 5.54. The van der Waals surface area contributed by atoms with E-state index < -0.39 is 23.5 Å². The summed E-state index contributed by atoms with van der Waals surface area (Å²) in [7, 11) is 1.56. The first-order valence-corrected chi connectivity index (χ1v) is 10.7. The molecule has 1 aliphatic rings. The summed E-state index contributed by atoms with van der Waals surface area (Å²) in [5.74, 6) is -1.66. The molecule has 0 bridgehead atoms. The lowest BCUT2D eigenvalue weighted by atomic mass is 9.94. The van der Waals surface area contributed by atoms with E-state index in [1.165, 1.54) is 11.0 Å². The van der Waals surface area contributed by atoms with E-state index in [9.17, 15) is 19.8 Å². The lowest BCUT2D eigenvalue weighted by Crippen LogP contribution is -2.32. The van der Waals surface area contributed by atoms with E-state index in [2.05, 4.69) is 0 Å². The first-order chi connectivity index (χ1) is 16.0. The number of aromatic hydroxyl groups is 1. The molecule has 0 saturated carbocycles. The highest BCUT2D eigenvalue weighted by molar-refractivity contribution is 6.16. The molecule has 4 rings (SSSR count). The number of carbonyl (C=O) groups excluding carboxylic acids is 2. The number of nitrogens with zero attached hydrogens (tertiary/aromatic N) is 1. The molecule has 8 heteroatoms. The zero-order valence-electron chi connectivity index (χ0n) is 18.4. The summed E-state index contributed by atoms with van der Waals surface area (Å²) in [4.78, 5) is 27.9. The molecule has 0 radical (unpaired) electrons. The van der Waals surface area contributed by atoms with Crippen LogP contribution in [0.25, 0.3) is 11.0 Å². The number of rotatable bonds is 9. The van der Waals surface area contributed by atoms with Gasteiger partial charge in [0, 0.05) is 25.6 Å². The van der Waals surface area contributed by atoms with E-state index in [0.29, 0.717) is 30.8 Å². The van der Waals surface area contributed by atoms with Crippen LogP contribution in [0.15, 0.2) is 64.3 Å². The van der Waals surface area contributed by atoms with Crippen molar-refractivity contribution in [3.05, 3.63) is 71.2 Å². The highest BCUT2D eigenvalue weighted by atomic mass is 16.5. The van der Waals surface area contributed by atoms with Crippen molar-refractivity contribution < 1.29 is 33.7 Å². The Morgan fingerprint density at radius 1 is 1.15 bits per heavy atom. The zero-order valence-corrected chi connectivity index (χ0v) is 18.4. The van der Waals surface area contributed by atoms with Gasteiger partial charge in [0.2, 0.25) is 5.78 Å². The monoisotopic (exact) mass is 451 g/mol. The summed E-state index contributed by atoms with van der Waals surface area (Å²) in [6, 6.07) is 12.5. The molecule has 2 heterocycles. The first kappa shape index (κ1) is 22.4. The number of hydrogen-bond donors (Lipinski definition) is 2. The van der Waals surface area contributed by atoms with Gasteiger partial charge in [0.1, 0.15) is 5.58 Å². The van der Waals surface area contributed by atoms with Crippen LogP contribution in [0, 0.1) is 0 Å². The summed E-state index contributed by atoms with van der Waals surface area (Å²) in [5.41, 5.74) is 0.970. The molecule has 2 aromatic carbocycles. The Morgan fingerprint density at radius 2 is 1.94 bits per heavy atom. The number of aliphatic hydroxyl groups is 1. The number of fused-ring (bicyclic) bond motifs is 1. The molecule has 0 saturated heterocycles. The third kappa shape index (κ3) is 4.17. The SMILES string of the molecule is CCOc1cc(C2C(C(=O)c3cc4ccccc4o3)=C(O)C(=O)N2CCCOC)ccc1O. The Hall–Kier alpha value is -3.78. The molecule has 1 atom stereocenters. The van der Waals surface area contributed by atoms with Crippen molar-refractivity contribution in [2.24, 2.45) is 0 Å². The van der Waals surface area contributed by atoms with Crippen LogP contribution in [0.4, 0.5) is 0 Å². The molecule has 1 unspecified atom stereocenters. The predicted molar refractivity (Wildman–Crippen MR) is 120 cm³/mol. The van der Waals surface area contributed by atoms with Gasteiger partial charge in [-0.2, -0.15) is 0 Å². The average molecular weight is 451 g/mol. The number of phenols is 1. The van der Waals surface area contributed by atoms with Crippen LogP contribution in [0.5, 0.6) is 11.5 Å². The van der Waals surface area contributed by atoms with E-state index in [-0.39, 0.29) is 29.4 Å². The molecule has 172 valence electrons. The molecule has 1 aliphatic heterocycles. The molecule has 2 N–H and O–H groups in total. The molecule has 3 aromatic rings. The molecular weight excluding hydrogens is 426 g/mol. The Kier molecular flexibility index (Phi) is 6.37. The van der Waals surface area contributed by atoms with Gasteiger partial charge in [0.25, 0.3) is 5.91 Å². The minimum Gasteiger partial charge on any atom is -0.504 e. The van der Waals surface area contributed by atoms with Crippen LogP contribution in [-0.2, 0) is 9.53 Å². The second-order valence-electron chi connectivity index (χ2n) is 7.65. The summed E-state index contributed by atoms with van der Waals surface area (Å²) in [6.07, 6.45) is 0.508. The van der Waals surface area contributed by atoms with Gasteiger partial charge in [-0.15, -0.1) is 0 Å². The minimum atomic E-state index is -0.880. The summed E-state index contributed by atoms with van der Waals surface area (Å²) >= 11 is 0. The molecule has 1 amide bonds. The lowest BCUT2D eigenvalue weighted by molar-refractivity contribution is -0.129. The largest absolute Gasteiger partial charge is 0.504 e. The molecule has 8 nitrogen and oxygen atoms in total. The van der Waals surface area contributed by atoms with Gasteiger partial charge in [-0.3, -0.25) is 9.59 Å². The van der Waals surface area contributed by atoms with Crippen molar-refractivity contribution in [1.82, 2.24) is 4.90 Å². The standard InChI is InChI=1S/C25H25NO7/c1-3-32-19-14-16(9-10-17(19)27)22-21(24(29)25(30)26(22)11-6-12-31-2)23(28)20-13-15-7-4-5-8-18(15)33-20/h4-5,7-10,13-14,22,27,29H,3,6,11-12H2,1-2H3. The van der Waals surface area contributed by atoms with E-state index in [4.69, 9.17) is 13.9 Å². The third-order valence-corrected chi connectivity index (χ3v) is 5.54. The second-order valence-corrected chi connectivity index (χ2v) is 7.65. The van der Waals surface area contributed by atoms with Gasteiger partial charge in [-0.05, 0) is 43.2 Å². The maximum Gasteiger partial charge on any atom is 0.290 e. The van der Waals surface area contributed by atoms with E-state index >= 15 is 0 Å². The number of ketones is 1. The number of ether oxygens (including phenoxy) is 2. The number of methoxy groups -OCH3 is 1. The van der Waals surface area contributed by atoms with Gasteiger partial charge in [-0.1, -0.05) is 24.3 Å². The Balaban J connectivity index is 1.79. The van der Waals surface area contributed by atoms with Crippen LogP contribution < -0.4 is 4.74 Å². The fraction of sp³-hybridized carbons (Fsp3) is 0.280. The van der Waals surface area contributed by atoms with Crippen LogP contribution >= 0.6 is 0 Å². The number of amides is 1. The zero-order chi connectivity index (χ0) is 23.5. The number of furan rings is 1. The smallest absolute Gasteiger partial charge is 0.290 e. The highest BCUT2D eigenvalue weighted by Gasteiger charge is 2.44. The number of hydrogen-bond acceptors (Lipinski definition) is 7. The first-order valence-electron chi connectivity index (χ1n) is 10.7. The predicted octanol–water partition coefficient (Wildman–Crippen LogP) is 4.15. The second kappa shape index (κ2) is 9.38. The summed E-state index contributed by atoms with van der Waals surface area (Å²) in [5, 5.41) is 21.6. The van der Waals surface area contributed by atoms with Gasteiger partial charge in [0.05, 0.1) is 18.2 Å². The average Bonchev–Trinajstić information content (AvgIpc) is 3.35. The number of Topliss-reactive ketones (excluding diaryl/α,β-unsaturated/α-hetero) is 1. The number of para-hydroxylation sites is 1. The maximum atomic E-state index is 13.5. The molecule has 1 aromatic heterocycles. The number of benzene rings is 2. The number of phenolic OH excluding ortho intramolecular Hbond substituents is 1. The van der Waals surface area contributed by atoms with Crippen LogP contribution in [0.1, 0.15) is 35.5 Å². The number of aliphatic hydroxyl groups excluding tert-OH is 1. The van der Waals surface area contributed by atoms with Crippen molar-refractivity contribution in [2.45, 2.75) is 19.4 Å². The van der Waals surface area contributed by atoms with Gasteiger partial charge in [-0.25, -0.2) is 0 Å². The fourth-order valence-corrected chi connectivity index (χ4v) is 4.04. The van der Waals surface area contributed by atoms with Crippen LogP contribution in [0.3, 0.4) is 0 Å². The normalized spacial score (nSPS) is 16.1. The minimum absolute atomic E-state index is 0.0260. The molecule has 0 aliphatic carbocycles. The Bertz CT molecular complexity index is 1190. The van der Waals surface area contributed by atoms with Crippen molar-refractivity contribution in [3.63, 3.8) is 0 Å². The van der Waals surface area contributed by atoms with Gasteiger partial charge >= 0.3 is 0 Å². The highest BCUT2D eigenvalue weighted by Crippen LogP contribution is 2.42. The molecule has 33 heavy (non-hydrogen) atoms. The van der Waals surface area contributed by atoms with Crippen molar-refractivity contribution >= 4 is 22.7 Å². The van der Waals surface area contributed by atoms with Gasteiger partial charge < -0.3 is 29.0 Å². The van der Waals surface area contributed by atoms with Crippen molar-refractivity contribution in [2.75, 3.05) is 26.9 Å². The van der Waals surface area contributed by atoms with E-state index in [1.54, 1.807) is 44.4 Å². The maximum absolute atomic E-state index is 13.5. The quantitative estimate of drug-likeness (QED) is 0.371. The van der Waals surface area contributed by atoms with Crippen molar-refractivity contribution in [1.29, 1.82) is 0 Å². The van der Waals surface area contributed by atoms with Crippen molar-refractivity contribution in [3.8, 4) is 11.5 Å². The van der Waals surface area contributed by atoms with Gasteiger partial charge in [0.15, 0.2) is 23.0 Å². The topological polar surface area (TPSA) is 109 Å². The molecule has 0 spiro atoms. The summed E-state index contributed by atoms with van der Waals surface area (Å²) < 4.78 is 16.3. The summed E-state index contributed by atoms with van der Waals surface area (Å²) in [6.45, 7) is 2.77. The lowest BCUT2D eigenvalue weighted by Gasteiger charge is -2.27. The van der Waals surface area contributed by atoms with E-state index in [1.807, 2.05) is 12.1 Å². The van der Waals surface area contributed by atoms with Crippen LogP contribution in [0.2, 0.25) is 0 Å². The fourth-order valence-electron chi connectivity index (χ4n) is 4.04. The van der Waals surface area contributed by atoms with E-state index in [0.717, 1.165) is 5.39 Å². The Morgan fingerprint density at radius 3 is 2.67 bits per heavy atom. The number of carbonyl (C=O) groups is 2. The van der Waals surface area contributed by atoms with Crippen LogP contribution in [-0.4, -0.2) is 53.7 Å². The molecular formula is C25H25NO7. The Labute approximate surface area is 190 Å². The molecule has 0 fully saturated rings.